The highest BCUT2D eigenvalue weighted by Crippen LogP contribution is 2.19. The minimum atomic E-state index is 0.570. The van der Waals surface area contributed by atoms with Gasteiger partial charge in [-0.3, -0.25) is 0 Å². The average molecular weight is 243 g/mol. The number of imidazole rings is 1. The molecule has 3 nitrogen and oxygen atoms in total. The van der Waals surface area contributed by atoms with Crippen LogP contribution in [0.15, 0.2) is 36.7 Å². The topological polar surface area (TPSA) is 29.9 Å². The first kappa shape index (κ1) is 12.7. The zero-order valence-electron chi connectivity index (χ0n) is 11.4. The van der Waals surface area contributed by atoms with E-state index in [9.17, 15) is 0 Å². The van der Waals surface area contributed by atoms with E-state index in [1.165, 1.54) is 5.56 Å². The van der Waals surface area contributed by atoms with E-state index < -0.39 is 0 Å². The van der Waals surface area contributed by atoms with Crippen molar-refractivity contribution in [1.82, 2.24) is 9.55 Å². The van der Waals surface area contributed by atoms with Gasteiger partial charge in [-0.25, -0.2) is 4.98 Å². The van der Waals surface area contributed by atoms with E-state index in [1.54, 1.807) is 0 Å². The summed E-state index contributed by atoms with van der Waals surface area (Å²) in [7, 11) is 0. The molecule has 0 aliphatic heterocycles. The van der Waals surface area contributed by atoms with Crippen LogP contribution >= 0.6 is 0 Å². The number of hydrogen-bond acceptors (Lipinski definition) is 2. The minimum Gasteiger partial charge on any atom is -0.326 e. The Hall–Kier alpha value is -1.77. The fourth-order valence-electron chi connectivity index (χ4n) is 1.94. The van der Waals surface area contributed by atoms with Crippen molar-refractivity contribution in [1.29, 1.82) is 0 Å². The number of nitrogens with zero attached hydrogens (tertiary/aromatic N) is 2. The van der Waals surface area contributed by atoms with Crippen molar-refractivity contribution in [3.05, 3.63) is 42.2 Å². The van der Waals surface area contributed by atoms with Crippen LogP contribution in [0.4, 0.5) is 11.6 Å². The molecule has 1 aromatic heterocycles. The molecule has 0 fully saturated rings. The molecule has 0 atom stereocenters. The monoisotopic (exact) mass is 243 g/mol. The smallest absolute Gasteiger partial charge is 0.207 e. The number of anilines is 2. The van der Waals surface area contributed by atoms with Gasteiger partial charge in [0.15, 0.2) is 0 Å². The molecule has 0 unspecified atom stereocenters. The summed E-state index contributed by atoms with van der Waals surface area (Å²) in [4.78, 5) is 4.34. The Labute approximate surface area is 109 Å². The SMILES string of the molecule is CCCn1ccnc1Nc1ccc(C(C)C)cc1. The zero-order valence-corrected chi connectivity index (χ0v) is 11.4. The van der Waals surface area contributed by atoms with E-state index in [-0.39, 0.29) is 0 Å². The maximum Gasteiger partial charge on any atom is 0.207 e. The molecule has 0 aliphatic rings. The molecule has 0 radical (unpaired) electrons. The lowest BCUT2D eigenvalue weighted by Gasteiger charge is -2.10. The Morgan fingerprint density at radius 1 is 1.22 bits per heavy atom. The first-order valence-corrected chi connectivity index (χ1v) is 6.59. The van der Waals surface area contributed by atoms with Crippen molar-refractivity contribution in [2.45, 2.75) is 39.7 Å². The maximum atomic E-state index is 4.34. The molecule has 96 valence electrons. The summed E-state index contributed by atoms with van der Waals surface area (Å²) in [6.07, 6.45) is 4.95. The number of nitrogens with one attached hydrogen (secondary N) is 1. The Balaban J connectivity index is 2.11. The van der Waals surface area contributed by atoms with Crippen LogP contribution in [0.1, 0.15) is 38.7 Å². The summed E-state index contributed by atoms with van der Waals surface area (Å²) in [6, 6.07) is 8.56. The van der Waals surface area contributed by atoms with E-state index in [0.29, 0.717) is 5.92 Å². The van der Waals surface area contributed by atoms with Crippen molar-refractivity contribution in [3.63, 3.8) is 0 Å². The van der Waals surface area contributed by atoms with Gasteiger partial charge in [-0.15, -0.1) is 0 Å². The molecule has 0 spiro atoms. The van der Waals surface area contributed by atoms with Gasteiger partial charge in [0, 0.05) is 24.6 Å². The summed E-state index contributed by atoms with van der Waals surface area (Å²) in [5, 5.41) is 3.36. The second kappa shape index (κ2) is 5.71. The lowest BCUT2D eigenvalue weighted by atomic mass is 10.0. The number of aryl methyl sites for hydroxylation is 1. The van der Waals surface area contributed by atoms with Gasteiger partial charge in [0.1, 0.15) is 0 Å². The molecule has 2 aromatic rings. The molecule has 18 heavy (non-hydrogen) atoms. The second-order valence-corrected chi connectivity index (χ2v) is 4.85. The molecule has 1 heterocycles. The number of hydrogen-bond donors (Lipinski definition) is 1. The third-order valence-electron chi connectivity index (χ3n) is 3.01. The Morgan fingerprint density at radius 2 is 1.94 bits per heavy atom. The lowest BCUT2D eigenvalue weighted by Crippen LogP contribution is -2.02. The van der Waals surface area contributed by atoms with Crippen LogP contribution in [0.2, 0.25) is 0 Å². The maximum absolute atomic E-state index is 4.34. The molecule has 1 aromatic carbocycles. The quantitative estimate of drug-likeness (QED) is 0.854. The van der Waals surface area contributed by atoms with E-state index >= 15 is 0 Å². The summed E-state index contributed by atoms with van der Waals surface area (Å²) >= 11 is 0. The molecular formula is C15H21N3. The molecule has 0 saturated heterocycles. The van der Waals surface area contributed by atoms with Crippen molar-refractivity contribution in [2.75, 3.05) is 5.32 Å². The van der Waals surface area contributed by atoms with Gasteiger partial charge in [0.05, 0.1) is 0 Å². The van der Waals surface area contributed by atoms with Gasteiger partial charge in [0.25, 0.3) is 0 Å². The standard InChI is InChI=1S/C15H21N3/c1-4-10-18-11-9-16-15(18)17-14-7-5-13(6-8-14)12(2)3/h5-9,11-12H,4,10H2,1-3H3,(H,16,17). The summed E-state index contributed by atoms with van der Waals surface area (Å²) < 4.78 is 2.14. The van der Waals surface area contributed by atoms with E-state index in [4.69, 9.17) is 0 Å². The molecule has 0 aliphatic carbocycles. The van der Waals surface area contributed by atoms with Crippen LogP contribution in [0.3, 0.4) is 0 Å². The molecule has 3 heteroatoms. The summed E-state index contributed by atoms with van der Waals surface area (Å²) in [5.41, 5.74) is 2.44. The first-order valence-electron chi connectivity index (χ1n) is 6.59. The Morgan fingerprint density at radius 3 is 2.56 bits per heavy atom. The third kappa shape index (κ3) is 2.92. The van der Waals surface area contributed by atoms with Gasteiger partial charge < -0.3 is 9.88 Å². The van der Waals surface area contributed by atoms with Crippen molar-refractivity contribution >= 4 is 11.6 Å². The normalized spacial score (nSPS) is 10.9. The molecular weight excluding hydrogens is 222 g/mol. The number of rotatable bonds is 5. The van der Waals surface area contributed by atoms with Gasteiger partial charge >= 0.3 is 0 Å². The predicted molar refractivity (Wildman–Crippen MR) is 76.3 cm³/mol. The average Bonchev–Trinajstić information content (AvgIpc) is 2.78. The van der Waals surface area contributed by atoms with Crippen LogP contribution in [0, 0.1) is 0 Å². The summed E-state index contributed by atoms with van der Waals surface area (Å²) in [6.45, 7) is 7.57. The Kier molecular flexibility index (Phi) is 4.03. The van der Waals surface area contributed by atoms with E-state index in [2.05, 4.69) is 59.9 Å². The fraction of sp³-hybridized carbons (Fsp3) is 0.400. The number of benzene rings is 1. The van der Waals surface area contributed by atoms with Crippen LogP contribution in [0.5, 0.6) is 0 Å². The van der Waals surface area contributed by atoms with Gasteiger partial charge in [0.2, 0.25) is 5.95 Å². The highest BCUT2D eigenvalue weighted by Gasteiger charge is 2.03. The predicted octanol–water partition coefficient (Wildman–Crippen LogP) is 4.16. The van der Waals surface area contributed by atoms with Gasteiger partial charge in [-0.05, 0) is 30.0 Å². The largest absolute Gasteiger partial charge is 0.326 e. The van der Waals surface area contributed by atoms with E-state index in [1.807, 2.05) is 12.4 Å². The second-order valence-electron chi connectivity index (χ2n) is 4.85. The fourth-order valence-corrected chi connectivity index (χ4v) is 1.94. The lowest BCUT2D eigenvalue weighted by molar-refractivity contribution is 0.686. The molecule has 2 rings (SSSR count). The Bertz CT molecular complexity index is 483. The van der Waals surface area contributed by atoms with E-state index in [0.717, 1.165) is 24.6 Å². The van der Waals surface area contributed by atoms with Gasteiger partial charge in [-0.1, -0.05) is 32.9 Å². The molecule has 0 saturated carbocycles. The number of aromatic nitrogens is 2. The van der Waals surface area contributed by atoms with Crippen molar-refractivity contribution < 1.29 is 0 Å². The highest BCUT2D eigenvalue weighted by molar-refractivity contribution is 5.54. The van der Waals surface area contributed by atoms with Crippen LogP contribution in [-0.2, 0) is 6.54 Å². The van der Waals surface area contributed by atoms with Crippen LogP contribution in [0.25, 0.3) is 0 Å². The van der Waals surface area contributed by atoms with Crippen LogP contribution in [-0.4, -0.2) is 9.55 Å². The minimum absolute atomic E-state index is 0.570. The van der Waals surface area contributed by atoms with Gasteiger partial charge in [-0.2, -0.15) is 0 Å². The first-order chi connectivity index (χ1) is 8.70. The summed E-state index contributed by atoms with van der Waals surface area (Å²) in [5.74, 6) is 1.48. The highest BCUT2D eigenvalue weighted by atomic mass is 15.2. The molecule has 0 bridgehead atoms. The third-order valence-corrected chi connectivity index (χ3v) is 3.01. The van der Waals surface area contributed by atoms with Crippen molar-refractivity contribution in [3.8, 4) is 0 Å². The van der Waals surface area contributed by atoms with Crippen molar-refractivity contribution in [2.24, 2.45) is 0 Å². The van der Waals surface area contributed by atoms with Crippen LogP contribution < -0.4 is 5.32 Å². The zero-order chi connectivity index (χ0) is 13.0. The molecule has 1 N–H and O–H groups in total. The molecule has 0 amide bonds.